The number of hydrogen-bond donors (Lipinski definition) is 1. The molecule has 0 aliphatic carbocycles. The van der Waals surface area contributed by atoms with E-state index in [2.05, 4.69) is 0 Å². The number of carbonyl (C=O) groups excluding carboxylic acids is 1. The van der Waals surface area contributed by atoms with Gasteiger partial charge in [-0.3, -0.25) is 10.1 Å². The summed E-state index contributed by atoms with van der Waals surface area (Å²) in [5.41, 5.74) is -0.130. The molecule has 14 heavy (non-hydrogen) atoms. The zero-order valence-electron chi connectivity index (χ0n) is 6.64. The third-order valence-corrected chi connectivity index (χ3v) is 2.03. The number of carbonyl (C=O) groups is 1. The van der Waals surface area contributed by atoms with Crippen LogP contribution in [0.4, 0.5) is 4.39 Å². The van der Waals surface area contributed by atoms with Gasteiger partial charge in [-0.1, -0.05) is 23.2 Å². The van der Waals surface area contributed by atoms with E-state index in [4.69, 9.17) is 28.5 Å². The van der Waals surface area contributed by atoms with E-state index in [0.29, 0.717) is 0 Å². The Kier molecular flexibility index (Phi) is 3.28. The van der Waals surface area contributed by atoms with Gasteiger partial charge in [0.15, 0.2) is 6.19 Å². The van der Waals surface area contributed by atoms with Gasteiger partial charge in [-0.05, 0) is 12.1 Å². The molecule has 0 radical (unpaired) electrons. The molecule has 72 valence electrons. The molecule has 0 fully saturated rings. The maximum absolute atomic E-state index is 12.9. The summed E-state index contributed by atoms with van der Waals surface area (Å²) in [5, 5.41) is 9.80. The lowest BCUT2D eigenvalue weighted by atomic mass is 10.2. The molecule has 1 aromatic carbocycles. The summed E-state index contributed by atoms with van der Waals surface area (Å²) in [6.45, 7) is 0. The molecule has 3 nitrogen and oxygen atoms in total. The first-order valence-electron chi connectivity index (χ1n) is 3.40. The quantitative estimate of drug-likeness (QED) is 0.459. The number of halogens is 3. The van der Waals surface area contributed by atoms with E-state index < -0.39 is 11.7 Å². The molecule has 0 aliphatic rings. The predicted octanol–water partition coefficient (Wildman–Crippen LogP) is 2.34. The number of nitriles is 1. The molecule has 1 aromatic rings. The highest BCUT2D eigenvalue weighted by Crippen LogP contribution is 2.24. The zero-order valence-corrected chi connectivity index (χ0v) is 8.16. The summed E-state index contributed by atoms with van der Waals surface area (Å²) in [6.07, 6.45) is 1.41. The molecule has 0 saturated carbocycles. The van der Waals surface area contributed by atoms with Crippen molar-refractivity contribution in [2.24, 2.45) is 0 Å². The minimum absolute atomic E-state index is 0.0100. The van der Waals surface area contributed by atoms with Crippen LogP contribution in [0.5, 0.6) is 0 Å². The van der Waals surface area contributed by atoms with E-state index >= 15 is 0 Å². The maximum atomic E-state index is 12.9. The van der Waals surface area contributed by atoms with E-state index in [1.54, 1.807) is 0 Å². The van der Waals surface area contributed by atoms with Crippen LogP contribution in [0.1, 0.15) is 10.4 Å². The number of nitrogens with one attached hydrogen (secondary N) is 1. The monoisotopic (exact) mass is 232 g/mol. The number of nitrogens with zero attached hydrogens (tertiary/aromatic N) is 1. The molecule has 0 heterocycles. The van der Waals surface area contributed by atoms with Crippen molar-refractivity contribution in [1.29, 1.82) is 5.26 Å². The Morgan fingerprint density at radius 1 is 1.43 bits per heavy atom. The van der Waals surface area contributed by atoms with E-state index in [9.17, 15) is 9.18 Å². The SMILES string of the molecule is N#CNC(=O)c1cc(F)c(Cl)cc1Cl. The lowest BCUT2D eigenvalue weighted by Gasteiger charge is -2.02. The summed E-state index contributed by atoms with van der Waals surface area (Å²) in [7, 11) is 0. The van der Waals surface area contributed by atoms with E-state index in [1.807, 2.05) is 5.32 Å². The molecule has 1 amide bonds. The highest BCUT2D eigenvalue weighted by atomic mass is 35.5. The second-order valence-electron chi connectivity index (χ2n) is 2.31. The number of hydrogen-bond acceptors (Lipinski definition) is 2. The lowest BCUT2D eigenvalue weighted by Crippen LogP contribution is -2.17. The van der Waals surface area contributed by atoms with Crippen molar-refractivity contribution in [3.05, 3.63) is 33.6 Å². The summed E-state index contributed by atoms with van der Waals surface area (Å²) in [5.74, 6) is -1.53. The van der Waals surface area contributed by atoms with Gasteiger partial charge in [-0.25, -0.2) is 4.39 Å². The van der Waals surface area contributed by atoms with E-state index in [1.165, 1.54) is 6.19 Å². The van der Waals surface area contributed by atoms with Gasteiger partial charge in [0.25, 0.3) is 5.91 Å². The maximum Gasteiger partial charge on any atom is 0.265 e. The second kappa shape index (κ2) is 4.27. The van der Waals surface area contributed by atoms with Crippen LogP contribution >= 0.6 is 23.2 Å². The van der Waals surface area contributed by atoms with Gasteiger partial charge in [-0.2, -0.15) is 5.26 Å². The fraction of sp³-hybridized carbons (Fsp3) is 0. The van der Waals surface area contributed by atoms with Gasteiger partial charge in [0, 0.05) is 0 Å². The summed E-state index contributed by atoms with van der Waals surface area (Å²) < 4.78 is 12.9. The van der Waals surface area contributed by atoms with Crippen molar-refractivity contribution in [3.63, 3.8) is 0 Å². The van der Waals surface area contributed by atoms with Crippen LogP contribution in [-0.2, 0) is 0 Å². The van der Waals surface area contributed by atoms with E-state index in [0.717, 1.165) is 12.1 Å². The molecular weight excluding hydrogens is 230 g/mol. The first-order chi connectivity index (χ1) is 6.56. The van der Waals surface area contributed by atoms with Crippen LogP contribution in [0.3, 0.4) is 0 Å². The van der Waals surface area contributed by atoms with Crippen molar-refractivity contribution in [3.8, 4) is 6.19 Å². The Morgan fingerprint density at radius 2 is 2.07 bits per heavy atom. The van der Waals surface area contributed by atoms with Gasteiger partial charge in [0.1, 0.15) is 5.82 Å². The topological polar surface area (TPSA) is 52.9 Å². The standard InChI is InChI=1S/C8H3Cl2FN2O/c9-5-2-6(10)7(11)1-4(5)8(14)13-3-12/h1-2H,(H,13,14). The molecule has 0 saturated heterocycles. The third-order valence-electron chi connectivity index (χ3n) is 1.42. The van der Waals surface area contributed by atoms with Crippen LogP contribution in [0.15, 0.2) is 12.1 Å². The lowest BCUT2D eigenvalue weighted by molar-refractivity contribution is 0.0972. The van der Waals surface area contributed by atoms with Gasteiger partial charge in [-0.15, -0.1) is 0 Å². The number of amides is 1. The molecule has 0 aliphatic heterocycles. The first kappa shape index (κ1) is 10.8. The van der Waals surface area contributed by atoms with Crippen molar-refractivity contribution in [2.45, 2.75) is 0 Å². The second-order valence-corrected chi connectivity index (χ2v) is 3.13. The molecule has 1 N–H and O–H groups in total. The van der Waals surface area contributed by atoms with Gasteiger partial charge < -0.3 is 0 Å². The summed E-state index contributed by atoms with van der Waals surface area (Å²) in [6, 6.07) is 1.97. The molecule has 6 heteroatoms. The third kappa shape index (κ3) is 2.13. The average Bonchev–Trinajstić information content (AvgIpc) is 2.11. The van der Waals surface area contributed by atoms with E-state index in [-0.39, 0.29) is 15.6 Å². The average molecular weight is 233 g/mol. The molecule has 0 unspecified atom stereocenters. The number of benzene rings is 1. The van der Waals surface area contributed by atoms with Gasteiger partial charge in [0.05, 0.1) is 15.6 Å². The minimum Gasteiger partial charge on any atom is -0.268 e. The fourth-order valence-corrected chi connectivity index (χ4v) is 1.28. The molecular formula is C8H3Cl2FN2O. The number of rotatable bonds is 1. The Morgan fingerprint density at radius 3 is 2.64 bits per heavy atom. The molecule has 0 aromatic heterocycles. The largest absolute Gasteiger partial charge is 0.268 e. The first-order valence-corrected chi connectivity index (χ1v) is 4.16. The summed E-state index contributed by atoms with van der Waals surface area (Å²) >= 11 is 11.0. The Balaban J connectivity index is 3.17. The highest BCUT2D eigenvalue weighted by Gasteiger charge is 2.13. The van der Waals surface area contributed by atoms with Crippen LogP contribution in [0, 0.1) is 17.3 Å². The van der Waals surface area contributed by atoms with Gasteiger partial charge in [0.2, 0.25) is 0 Å². The molecule has 0 spiro atoms. The van der Waals surface area contributed by atoms with Crippen molar-refractivity contribution in [1.82, 2.24) is 5.32 Å². The smallest absolute Gasteiger partial charge is 0.265 e. The molecule has 1 rings (SSSR count). The van der Waals surface area contributed by atoms with Crippen LogP contribution < -0.4 is 5.32 Å². The zero-order chi connectivity index (χ0) is 10.7. The highest BCUT2D eigenvalue weighted by molar-refractivity contribution is 6.36. The Labute approximate surface area is 89.0 Å². The van der Waals surface area contributed by atoms with Crippen molar-refractivity contribution < 1.29 is 9.18 Å². The van der Waals surface area contributed by atoms with Crippen LogP contribution in [-0.4, -0.2) is 5.91 Å². The minimum atomic E-state index is -0.770. The predicted molar refractivity (Wildman–Crippen MR) is 49.5 cm³/mol. The van der Waals surface area contributed by atoms with Crippen molar-refractivity contribution >= 4 is 29.1 Å². The van der Waals surface area contributed by atoms with Crippen molar-refractivity contribution in [2.75, 3.05) is 0 Å². The molecule has 0 atom stereocenters. The Hall–Kier alpha value is -1.31. The summed E-state index contributed by atoms with van der Waals surface area (Å²) in [4.78, 5) is 11.1. The van der Waals surface area contributed by atoms with Crippen LogP contribution in [0.25, 0.3) is 0 Å². The van der Waals surface area contributed by atoms with Crippen LogP contribution in [0.2, 0.25) is 10.0 Å². The van der Waals surface area contributed by atoms with Gasteiger partial charge >= 0.3 is 0 Å². The Bertz CT molecular complexity index is 428. The fourth-order valence-electron chi connectivity index (χ4n) is 0.815. The molecule has 0 bridgehead atoms. The normalized spacial score (nSPS) is 9.29.